The first-order chi connectivity index (χ1) is 13.1. The molecule has 1 atom stereocenters. The van der Waals surface area contributed by atoms with Crippen molar-refractivity contribution in [3.63, 3.8) is 0 Å². The number of nitrogens with zero attached hydrogens (tertiary/aromatic N) is 5. The third-order valence-corrected chi connectivity index (χ3v) is 6.05. The summed E-state index contributed by atoms with van der Waals surface area (Å²) in [6.45, 7) is 9.79. The Labute approximate surface area is 161 Å². The molecule has 1 aromatic heterocycles. The summed E-state index contributed by atoms with van der Waals surface area (Å²) in [4.78, 5) is 28.3. The predicted octanol–water partition coefficient (Wildman–Crippen LogP) is 1.14. The van der Waals surface area contributed by atoms with Gasteiger partial charge in [-0.1, -0.05) is 6.08 Å². The maximum atomic E-state index is 12.3. The SMILES string of the molecule is C=CCOCC(=O)N1CC2(CN(C)CC2c2ccnc(N3CCCC3)n2)C1. The van der Waals surface area contributed by atoms with Crippen molar-refractivity contribution in [3.8, 4) is 0 Å². The molecule has 0 N–H and O–H groups in total. The van der Waals surface area contributed by atoms with Crippen LogP contribution in [0.25, 0.3) is 0 Å². The Bertz CT molecular complexity index is 697. The summed E-state index contributed by atoms with van der Waals surface area (Å²) < 4.78 is 5.31. The molecule has 146 valence electrons. The Balaban J connectivity index is 1.46. The van der Waals surface area contributed by atoms with Crippen LogP contribution in [-0.4, -0.2) is 85.2 Å². The Morgan fingerprint density at radius 1 is 1.37 bits per heavy atom. The lowest BCUT2D eigenvalue weighted by Gasteiger charge is -2.51. The van der Waals surface area contributed by atoms with E-state index < -0.39 is 0 Å². The zero-order chi connectivity index (χ0) is 18.9. The molecule has 1 spiro atoms. The lowest BCUT2D eigenvalue weighted by molar-refractivity contribution is -0.148. The number of likely N-dealkylation sites (tertiary alicyclic amines) is 2. The number of anilines is 1. The van der Waals surface area contributed by atoms with Gasteiger partial charge in [-0.2, -0.15) is 0 Å². The van der Waals surface area contributed by atoms with Crippen LogP contribution in [0.3, 0.4) is 0 Å². The monoisotopic (exact) mass is 371 g/mol. The van der Waals surface area contributed by atoms with Gasteiger partial charge in [-0.25, -0.2) is 9.97 Å². The molecule has 0 bridgehead atoms. The van der Waals surface area contributed by atoms with Crippen molar-refractivity contribution >= 4 is 11.9 Å². The van der Waals surface area contributed by atoms with Gasteiger partial charge < -0.3 is 19.4 Å². The van der Waals surface area contributed by atoms with Crippen LogP contribution in [0, 0.1) is 5.41 Å². The van der Waals surface area contributed by atoms with Crippen molar-refractivity contribution in [3.05, 3.63) is 30.6 Å². The minimum atomic E-state index is 0.0659. The average Bonchev–Trinajstić information content (AvgIpc) is 3.28. The van der Waals surface area contributed by atoms with Gasteiger partial charge in [0.05, 0.1) is 12.3 Å². The number of carbonyl (C=O) groups excluding carboxylic acids is 1. The number of hydrogen-bond donors (Lipinski definition) is 0. The molecule has 1 unspecified atom stereocenters. The second-order valence-corrected chi connectivity index (χ2v) is 8.14. The molecular formula is C20H29N5O2. The van der Waals surface area contributed by atoms with E-state index in [1.165, 1.54) is 12.8 Å². The lowest BCUT2D eigenvalue weighted by Crippen LogP contribution is -2.62. The van der Waals surface area contributed by atoms with Gasteiger partial charge in [0.1, 0.15) is 6.61 Å². The second kappa shape index (κ2) is 7.56. The Morgan fingerprint density at radius 3 is 2.89 bits per heavy atom. The summed E-state index contributed by atoms with van der Waals surface area (Å²) in [7, 11) is 2.15. The summed E-state index contributed by atoms with van der Waals surface area (Å²) in [5.74, 6) is 1.26. The fraction of sp³-hybridized carbons (Fsp3) is 0.650. The van der Waals surface area contributed by atoms with Crippen molar-refractivity contribution < 1.29 is 9.53 Å². The van der Waals surface area contributed by atoms with E-state index in [9.17, 15) is 4.79 Å². The molecule has 3 fully saturated rings. The molecule has 3 aliphatic heterocycles. The summed E-state index contributed by atoms with van der Waals surface area (Å²) in [5, 5.41) is 0. The third-order valence-electron chi connectivity index (χ3n) is 6.05. The summed E-state index contributed by atoms with van der Waals surface area (Å²) in [6, 6.07) is 2.06. The van der Waals surface area contributed by atoms with Crippen LogP contribution in [-0.2, 0) is 9.53 Å². The first kappa shape index (κ1) is 18.4. The zero-order valence-corrected chi connectivity index (χ0v) is 16.1. The van der Waals surface area contributed by atoms with E-state index in [-0.39, 0.29) is 17.9 Å². The van der Waals surface area contributed by atoms with Crippen LogP contribution in [0.2, 0.25) is 0 Å². The Kier molecular flexibility index (Phi) is 5.14. The van der Waals surface area contributed by atoms with E-state index in [4.69, 9.17) is 9.72 Å². The van der Waals surface area contributed by atoms with E-state index in [1.54, 1.807) is 6.08 Å². The molecule has 1 amide bonds. The van der Waals surface area contributed by atoms with Gasteiger partial charge in [-0.05, 0) is 26.0 Å². The highest BCUT2D eigenvalue weighted by atomic mass is 16.5. The van der Waals surface area contributed by atoms with Gasteiger partial charge >= 0.3 is 0 Å². The zero-order valence-electron chi connectivity index (χ0n) is 16.1. The van der Waals surface area contributed by atoms with E-state index >= 15 is 0 Å². The molecule has 0 aliphatic carbocycles. The highest BCUT2D eigenvalue weighted by Crippen LogP contribution is 2.48. The van der Waals surface area contributed by atoms with Crippen LogP contribution in [0.1, 0.15) is 24.5 Å². The Hall–Kier alpha value is -1.99. The van der Waals surface area contributed by atoms with Crippen molar-refractivity contribution in [2.24, 2.45) is 5.41 Å². The minimum absolute atomic E-state index is 0.0659. The molecule has 7 heteroatoms. The van der Waals surface area contributed by atoms with Crippen LogP contribution in [0.5, 0.6) is 0 Å². The summed E-state index contributed by atoms with van der Waals surface area (Å²) in [6.07, 6.45) is 6.00. The van der Waals surface area contributed by atoms with Crippen LogP contribution in [0.4, 0.5) is 5.95 Å². The van der Waals surface area contributed by atoms with Gasteiger partial charge in [-0.15, -0.1) is 6.58 Å². The van der Waals surface area contributed by atoms with Gasteiger partial charge in [0.2, 0.25) is 11.9 Å². The fourth-order valence-electron chi connectivity index (χ4n) is 4.78. The van der Waals surface area contributed by atoms with Crippen molar-refractivity contribution in [1.82, 2.24) is 19.8 Å². The van der Waals surface area contributed by atoms with Gasteiger partial charge in [-0.3, -0.25) is 4.79 Å². The number of rotatable bonds is 6. The number of likely N-dealkylation sites (N-methyl/N-ethyl adjacent to an activating group) is 1. The number of ether oxygens (including phenoxy) is 1. The standard InChI is InChI=1S/C20H29N5O2/c1-3-10-27-12-18(26)25-14-20(15-25)13-23(2)11-16(20)17-6-7-21-19(22-17)24-8-4-5-9-24/h3,6-7,16H,1,4-5,8-15H2,2H3. The molecule has 4 heterocycles. The largest absolute Gasteiger partial charge is 0.368 e. The maximum Gasteiger partial charge on any atom is 0.248 e. The molecule has 0 saturated carbocycles. The van der Waals surface area contributed by atoms with Crippen molar-refractivity contribution in [2.45, 2.75) is 18.8 Å². The minimum Gasteiger partial charge on any atom is -0.368 e. The van der Waals surface area contributed by atoms with Crippen molar-refractivity contribution in [2.75, 3.05) is 64.4 Å². The second-order valence-electron chi connectivity index (χ2n) is 8.14. The average molecular weight is 371 g/mol. The highest BCUT2D eigenvalue weighted by Gasteiger charge is 2.55. The topological polar surface area (TPSA) is 61.8 Å². The van der Waals surface area contributed by atoms with Crippen LogP contribution < -0.4 is 4.90 Å². The molecule has 4 rings (SSSR count). The van der Waals surface area contributed by atoms with E-state index in [0.717, 1.165) is 50.9 Å². The summed E-state index contributed by atoms with van der Waals surface area (Å²) >= 11 is 0. The first-order valence-corrected chi connectivity index (χ1v) is 9.84. The molecule has 27 heavy (non-hydrogen) atoms. The molecule has 1 aromatic rings. The summed E-state index contributed by atoms with van der Waals surface area (Å²) in [5.41, 5.74) is 1.21. The molecule has 3 aliphatic rings. The highest BCUT2D eigenvalue weighted by molar-refractivity contribution is 5.78. The lowest BCUT2D eigenvalue weighted by atomic mass is 9.70. The number of hydrogen-bond acceptors (Lipinski definition) is 6. The van der Waals surface area contributed by atoms with E-state index in [0.29, 0.717) is 12.5 Å². The molecule has 7 nitrogen and oxygen atoms in total. The third kappa shape index (κ3) is 3.58. The predicted molar refractivity (Wildman–Crippen MR) is 104 cm³/mol. The van der Waals surface area contributed by atoms with Crippen molar-refractivity contribution in [1.29, 1.82) is 0 Å². The number of aromatic nitrogens is 2. The Morgan fingerprint density at radius 2 is 2.15 bits per heavy atom. The van der Waals surface area contributed by atoms with Gasteiger partial charge in [0.15, 0.2) is 0 Å². The first-order valence-electron chi connectivity index (χ1n) is 9.84. The number of amides is 1. The van der Waals surface area contributed by atoms with E-state index in [1.807, 2.05) is 11.1 Å². The van der Waals surface area contributed by atoms with Crippen LogP contribution >= 0.6 is 0 Å². The van der Waals surface area contributed by atoms with Gasteiger partial charge in [0.25, 0.3) is 0 Å². The molecular weight excluding hydrogens is 342 g/mol. The smallest absolute Gasteiger partial charge is 0.248 e. The molecule has 0 radical (unpaired) electrons. The quantitative estimate of drug-likeness (QED) is 0.552. The fourth-order valence-corrected chi connectivity index (χ4v) is 4.78. The number of carbonyl (C=O) groups is 1. The van der Waals surface area contributed by atoms with E-state index in [2.05, 4.69) is 34.5 Å². The normalized spacial score (nSPS) is 24.4. The maximum absolute atomic E-state index is 12.3. The van der Waals surface area contributed by atoms with Gasteiger partial charge in [0, 0.05) is 56.8 Å². The molecule has 0 aromatic carbocycles. The van der Waals surface area contributed by atoms with Crippen LogP contribution in [0.15, 0.2) is 24.9 Å². The molecule has 3 saturated heterocycles.